The van der Waals surface area contributed by atoms with E-state index in [4.69, 9.17) is 0 Å². The fourth-order valence-corrected chi connectivity index (χ4v) is 6.69. The van der Waals surface area contributed by atoms with Gasteiger partial charge in [0, 0.05) is 23.1 Å². The average Bonchev–Trinajstić information content (AvgIpc) is 3.00. The van der Waals surface area contributed by atoms with E-state index >= 15 is 0 Å². The fourth-order valence-electron chi connectivity index (χ4n) is 5.02. The van der Waals surface area contributed by atoms with Crippen LogP contribution in [0.4, 0.5) is 13.2 Å². The molecule has 0 saturated carbocycles. The molecule has 1 aromatic heterocycles. The molecule has 1 N–H and O–H groups in total. The summed E-state index contributed by atoms with van der Waals surface area (Å²) < 4.78 is 72.2. The van der Waals surface area contributed by atoms with E-state index in [1.807, 2.05) is 29.8 Å². The molecule has 2 aromatic carbocycles. The van der Waals surface area contributed by atoms with Gasteiger partial charge in [0.05, 0.1) is 4.90 Å². The quantitative estimate of drug-likeness (QED) is 0.553. The number of fused-ring (bicyclic) bond motifs is 3. The Kier molecular flexibility index (Phi) is 5.88. The molecule has 172 valence electrons. The Morgan fingerprint density at radius 1 is 1.03 bits per heavy atom. The first-order valence-corrected chi connectivity index (χ1v) is 12.2. The van der Waals surface area contributed by atoms with Crippen molar-refractivity contribution in [3.05, 3.63) is 64.3 Å². The van der Waals surface area contributed by atoms with Gasteiger partial charge in [-0.2, -0.15) is 17.9 Å². The summed E-state index contributed by atoms with van der Waals surface area (Å²) in [7, 11) is -4.38. The molecular formula is C24H27F3N2O2S. The van der Waals surface area contributed by atoms with Gasteiger partial charge in [0.15, 0.2) is 0 Å². The van der Waals surface area contributed by atoms with Crippen LogP contribution in [0.25, 0.3) is 10.9 Å². The average molecular weight is 465 g/mol. The van der Waals surface area contributed by atoms with Crippen LogP contribution in [0.15, 0.2) is 41.3 Å². The van der Waals surface area contributed by atoms with Crippen molar-refractivity contribution in [1.82, 2.24) is 9.29 Å². The molecular weight excluding hydrogens is 437 g/mol. The lowest BCUT2D eigenvalue weighted by Crippen LogP contribution is -2.48. The molecule has 0 spiro atoms. The number of aryl methyl sites for hydroxylation is 4. The van der Waals surface area contributed by atoms with Crippen LogP contribution in [-0.2, 0) is 29.4 Å². The number of benzene rings is 2. The first kappa shape index (κ1) is 22.9. The molecule has 0 radical (unpaired) electrons. The Labute approximate surface area is 186 Å². The largest absolute Gasteiger partial charge is 0.406 e. The topological polar surface area (TPSA) is 51.1 Å². The third-order valence-electron chi connectivity index (χ3n) is 6.22. The van der Waals surface area contributed by atoms with Crippen molar-refractivity contribution in [2.75, 3.05) is 0 Å². The Hall–Kier alpha value is -2.32. The van der Waals surface area contributed by atoms with Gasteiger partial charge in [0.2, 0.25) is 10.0 Å². The summed E-state index contributed by atoms with van der Waals surface area (Å²) in [5, 5.41) is 0.955. The third kappa shape index (κ3) is 4.18. The Balaban J connectivity index is 1.76. The molecule has 1 atom stereocenters. The minimum absolute atomic E-state index is 0.0863. The highest BCUT2D eigenvalue weighted by molar-refractivity contribution is 7.89. The van der Waals surface area contributed by atoms with E-state index in [9.17, 15) is 21.6 Å². The standard InChI is InChI=1S/C24H27F3N2O2S/c1-15-12-16(2)23(17(3)13-15)32(30,31)28-22(24(25,26)27)14-29-20-10-6-4-8-18(20)19-9-5-7-11-21(19)29/h4,6,8,10,12-13,22,28H,5,7,9,11,14H2,1-3H3. The number of hydrogen-bond donors (Lipinski definition) is 1. The molecule has 3 aromatic rings. The van der Waals surface area contributed by atoms with Crippen LogP contribution in [0.1, 0.15) is 40.8 Å². The van der Waals surface area contributed by atoms with E-state index in [1.54, 1.807) is 36.6 Å². The molecule has 0 aliphatic heterocycles. The maximum Gasteiger partial charge on any atom is 0.406 e. The Morgan fingerprint density at radius 2 is 1.66 bits per heavy atom. The van der Waals surface area contributed by atoms with Crippen LogP contribution in [0, 0.1) is 20.8 Å². The lowest BCUT2D eigenvalue weighted by molar-refractivity contribution is -0.154. The number of sulfonamides is 1. The predicted molar refractivity (Wildman–Crippen MR) is 119 cm³/mol. The van der Waals surface area contributed by atoms with Crippen molar-refractivity contribution < 1.29 is 21.6 Å². The van der Waals surface area contributed by atoms with Crippen LogP contribution in [0.2, 0.25) is 0 Å². The molecule has 0 saturated heterocycles. The zero-order valence-corrected chi connectivity index (χ0v) is 19.2. The highest BCUT2D eigenvalue weighted by Crippen LogP contribution is 2.34. The number of aromatic nitrogens is 1. The number of hydrogen-bond acceptors (Lipinski definition) is 2. The molecule has 8 heteroatoms. The number of nitrogens with zero attached hydrogens (tertiary/aromatic N) is 1. The monoisotopic (exact) mass is 464 g/mol. The van der Waals surface area contributed by atoms with E-state index in [0.29, 0.717) is 17.5 Å². The second-order valence-corrected chi connectivity index (χ2v) is 10.4. The van der Waals surface area contributed by atoms with Crippen LogP contribution in [0.3, 0.4) is 0 Å². The summed E-state index contributed by atoms with van der Waals surface area (Å²) in [6.45, 7) is 4.53. The van der Waals surface area contributed by atoms with Gasteiger partial charge in [-0.25, -0.2) is 8.42 Å². The maximum absolute atomic E-state index is 14.1. The maximum atomic E-state index is 14.1. The van der Waals surface area contributed by atoms with E-state index in [1.165, 1.54) is 0 Å². The van der Waals surface area contributed by atoms with Crippen LogP contribution in [-0.4, -0.2) is 25.2 Å². The minimum atomic E-state index is -4.74. The molecule has 0 fully saturated rings. The van der Waals surface area contributed by atoms with Crippen LogP contribution >= 0.6 is 0 Å². The lowest BCUT2D eigenvalue weighted by atomic mass is 9.95. The summed E-state index contributed by atoms with van der Waals surface area (Å²) in [6, 6.07) is 8.52. The molecule has 4 rings (SSSR count). The normalized spacial score (nSPS) is 15.7. The van der Waals surface area contributed by atoms with Gasteiger partial charge in [0.1, 0.15) is 6.04 Å². The van der Waals surface area contributed by atoms with E-state index in [0.717, 1.165) is 47.0 Å². The fraction of sp³-hybridized carbons (Fsp3) is 0.417. The van der Waals surface area contributed by atoms with E-state index in [2.05, 4.69) is 0 Å². The Bertz CT molecular complexity index is 1250. The summed E-state index contributed by atoms with van der Waals surface area (Å²) in [4.78, 5) is -0.0863. The van der Waals surface area contributed by atoms with Gasteiger partial charge >= 0.3 is 6.18 Å². The second kappa shape index (κ2) is 8.23. The molecule has 4 nitrogen and oxygen atoms in total. The summed E-state index contributed by atoms with van der Waals surface area (Å²) >= 11 is 0. The zero-order valence-electron chi connectivity index (χ0n) is 18.4. The minimum Gasteiger partial charge on any atom is -0.342 e. The van der Waals surface area contributed by atoms with Crippen molar-refractivity contribution in [3.63, 3.8) is 0 Å². The van der Waals surface area contributed by atoms with Gasteiger partial charge in [-0.1, -0.05) is 35.9 Å². The van der Waals surface area contributed by atoms with Crippen LogP contribution in [0.5, 0.6) is 0 Å². The smallest absolute Gasteiger partial charge is 0.342 e. The van der Waals surface area contributed by atoms with Crippen molar-refractivity contribution >= 4 is 20.9 Å². The van der Waals surface area contributed by atoms with Crippen molar-refractivity contribution in [2.45, 2.75) is 70.1 Å². The molecule has 1 aliphatic rings. The number of alkyl halides is 3. The summed E-state index contributed by atoms with van der Waals surface area (Å²) in [5.74, 6) is 0. The van der Waals surface area contributed by atoms with Gasteiger partial charge in [-0.15, -0.1) is 0 Å². The van der Waals surface area contributed by atoms with Crippen molar-refractivity contribution in [1.29, 1.82) is 0 Å². The van der Waals surface area contributed by atoms with Crippen LogP contribution < -0.4 is 4.72 Å². The summed E-state index contributed by atoms with van der Waals surface area (Å²) in [6.07, 6.45) is -1.31. The van der Waals surface area contributed by atoms with E-state index in [-0.39, 0.29) is 4.90 Å². The highest BCUT2D eigenvalue weighted by Gasteiger charge is 2.43. The van der Waals surface area contributed by atoms with Crippen molar-refractivity contribution in [2.24, 2.45) is 0 Å². The number of halogens is 3. The van der Waals surface area contributed by atoms with Gasteiger partial charge in [0.25, 0.3) is 0 Å². The Morgan fingerprint density at radius 3 is 2.31 bits per heavy atom. The lowest BCUT2D eigenvalue weighted by Gasteiger charge is -2.25. The molecule has 1 aliphatic carbocycles. The van der Waals surface area contributed by atoms with Gasteiger partial charge in [-0.05, 0) is 69.2 Å². The van der Waals surface area contributed by atoms with Gasteiger partial charge in [-0.3, -0.25) is 0 Å². The molecule has 1 unspecified atom stereocenters. The predicted octanol–water partition coefficient (Wildman–Crippen LogP) is 5.35. The highest BCUT2D eigenvalue weighted by atomic mass is 32.2. The summed E-state index contributed by atoms with van der Waals surface area (Å²) in [5.41, 5.74) is 4.40. The molecule has 32 heavy (non-hydrogen) atoms. The third-order valence-corrected chi connectivity index (χ3v) is 7.99. The van der Waals surface area contributed by atoms with E-state index < -0.39 is 28.8 Å². The molecule has 0 bridgehead atoms. The van der Waals surface area contributed by atoms with Gasteiger partial charge < -0.3 is 4.57 Å². The molecule has 1 heterocycles. The SMILES string of the molecule is Cc1cc(C)c(S(=O)(=O)NC(Cn2c3c(c4ccccc42)CCCC3)C(F)(F)F)c(C)c1. The van der Waals surface area contributed by atoms with Crippen molar-refractivity contribution in [3.8, 4) is 0 Å². The zero-order chi connectivity index (χ0) is 23.3. The first-order chi connectivity index (χ1) is 15.0. The number of rotatable bonds is 5. The first-order valence-electron chi connectivity index (χ1n) is 10.7. The second-order valence-electron chi connectivity index (χ2n) is 8.70. The molecule has 0 amide bonds. The number of nitrogens with one attached hydrogen (secondary N) is 1. The number of para-hydroxylation sites is 1.